The summed E-state index contributed by atoms with van der Waals surface area (Å²) in [4.78, 5) is 0. The first-order valence-corrected chi connectivity index (χ1v) is 13.3. The van der Waals surface area contributed by atoms with E-state index in [1.807, 2.05) is 13.0 Å². The highest BCUT2D eigenvalue weighted by Gasteiger charge is 2.11. The van der Waals surface area contributed by atoms with Crippen LogP contribution in [0.5, 0.6) is 0 Å². The molecule has 0 spiro atoms. The molecule has 184 valence electrons. The molecule has 1 heteroatoms. The maximum absolute atomic E-state index is 4.17. The molecule has 0 unspecified atom stereocenters. The van der Waals surface area contributed by atoms with Crippen molar-refractivity contribution in [2.45, 2.75) is 19.8 Å². The van der Waals surface area contributed by atoms with Crippen LogP contribution in [-0.4, -0.2) is 4.57 Å². The zero-order chi connectivity index (χ0) is 25.9. The fourth-order valence-electron chi connectivity index (χ4n) is 5.48. The average molecular weight is 490 g/mol. The van der Waals surface area contributed by atoms with E-state index in [1.165, 1.54) is 55.3 Å². The number of nitrogens with zero attached hydrogens (tertiary/aromatic N) is 1. The number of benzene rings is 5. The van der Waals surface area contributed by atoms with Crippen molar-refractivity contribution >= 4 is 21.8 Å². The molecule has 0 amide bonds. The van der Waals surface area contributed by atoms with Gasteiger partial charge in [0.1, 0.15) is 0 Å². The molecule has 5 aromatic carbocycles. The van der Waals surface area contributed by atoms with Crippen molar-refractivity contribution in [2.24, 2.45) is 0 Å². The van der Waals surface area contributed by atoms with Gasteiger partial charge in [0.25, 0.3) is 0 Å². The van der Waals surface area contributed by atoms with Crippen molar-refractivity contribution in [3.63, 3.8) is 0 Å². The van der Waals surface area contributed by atoms with E-state index in [0.29, 0.717) is 0 Å². The minimum atomic E-state index is 0.871. The first-order valence-electron chi connectivity index (χ1n) is 13.3. The van der Waals surface area contributed by atoms with Crippen LogP contribution in [-0.2, 0) is 12.8 Å². The van der Waals surface area contributed by atoms with Crippen LogP contribution in [0.3, 0.4) is 0 Å². The molecular formula is C37H31N. The summed E-state index contributed by atoms with van der Waals surface area (Å²) in [6, 6.07) is 44.1. The predicted molar refractivity (Wildman–Crippen MR) is 163 cm³/mol. The normalized spacial score (nSPS) is 11.5. The summed E-state index contributed by atoms with van der Waals surface area (Å²) in [5.41, 5.74) is 11.2. The Balaban J connectivity index is 1.26. The van der Waals surface area contributed by atoms with E-state index >= 15 is 0 Å². The van der Waals surface area contributed by atoms with Crippen LogP contribution < -0.4 is 0 Å². The number of allylic oxidation sites excluding steroid dienone is 3. The summed E-state index contributed by atoms with van der Waals surface area (Å²) < 4.78 is 2.37. The van der Waals surface area contributed by atoms with Crippen LogP contribution >= 0.6 is 0 Å². The molecule has 1 nitrogen and oxygen atoms in total. The Kier molecular flexibility index (Phi) is 6.50. The van der Waals surface area contributed by atoms with E-state index in [9.17, 15) is 0 Å². The molecule has 6 rings (SSSR count). The van der Waals surface area contributed by atoms with Crippen molar-refractivity contribution in [1.29, 1.82) is 0 Å². The maximum Gasteiger partial charge on any atom is 0.0541 e. The van der Waals surface area contributed by atoms with Crippen molar-refractivity contribution in [3.05, 3.63) is 162 Å². The van der Waals surface area contributed by atoms with Crippen molar-refractivity contribution in [1.82, 2.24) is 4.57 Å². The van der Waals surface area contributed by atoms with E-state index in [2.05, 4.69) is 139 Å². The number of aromatic nitrogens is 1. The molecule has 0 bridgehead atoms. The number of hydrogen-bond donors (Lipinski definition) is 0. The van der Waals surface area contributed by atoms with Gasteiger partial charge >= 0.3 is 0 Å². The summed E-state index contributed by atoms with van der Waals surface area (Å²) in [5, 5.41) is 2.58. The first-order chi connectivity index (χ1) is 18.7. The third-order valence-corrected chi connectivity index (χ3v) is 7.20. The van der Waals surface area contributed by atoms with Gasteiger partial charge in [0.15, 0.2) is 0 Å². The maximum atomic E-state index is 4.17. The molecule has 0 saturated carbocycles. The minimum absolute atomic E-state index is 0.871. The Labute approximate surface area is 225 Å². The molecule has 0 radical (unpaired) electrons. The molecule has 0 fully saturated rings. The molecule has 0 saturated heterocycles. The van der Waals surface area contributed by atoms with Crippen LogP contribution in [0.1, 0.15) is 23.6 Å². The third-order valence-electron chi connectivity index (χ3n) is 7.20. The van der Waals surface area contributed by atoms with Gasteiger partial charge in [0.05, 0.1) is 11.0 Å². The summed E-state index contributed by atoms with van der Waals surface area (Å²) in [5.74, 6) is 0. The van der Waals surface area contributed by atoms with Crippen LogP contribution in [0.2, 0.25) is 0 Å². The molecule has 0 N–H and O–H groups in total. The lowest BCUT2D eigenvalue weighted by molar-refractivity contribution is 1.15. The SMILES string of the molecule is C=C(/C=C\C)Cc1cccc(-c2cccc(Cc3ccc(-n4c5ccccc5c5ccccc54)cc3)c2)c1. The Hall–Kier alpha value is -4.62. The summed E-state index contributed by atoms with van der Waals surface area (Å²) in [6.45, 7) is 6.20. The fourth-order valence-corrected chi connectivity index (χ4v) is 5.48. The van der Waals surface area contributed by atoms with Crippen LogP contribution in [0.15, 0.2) is 146 Å². The van der Waals surface area contributed by atoms with Crippen LogP contribution in [0.25, 0.3) is 38.6 Å². The molecular weight excluding hydrogens is 458 g/mol. The van der Waals surface area contributed by atoms with Gasteiger partial charge in [-0.2, -0.15) is 0 Å². The molecule has 38 heavy (non-hydrogen) atoms. The molecule has 0 aliphatic heterocycles. The highest BCUT2D eigenvalue weighted by molar-refractivity contribution is 6.09. The second-order valence-electron chi connectivity index (χ2n) is 9.95. The highest BCUT2D eigenvalue weighted by Crippen LogP contribution is 2.32. The predicted octanol–water partition coefficient (Wildman–Crippen LogP) is 9.72. The van der Waals surface area contributed by atoms with E-state index < -0.39 is 0 Å². The van der Waals surface area contributed by atoms with Gasteiger partial charge in [0.2, 0.25) is 0 Å². The van der Waals surface area contributed by atoms with Crippen molar-refractivity contribution in [3.8, 4) is 16.8 Å². The van der Waals surface area contributed by atoms with Gasteiger partial charge in [-0.1, -0.05) is 121 Å². The van der Waals surface area contributed by atoms with Gasteiger partial charge < -0.3 is 4.57 Å². The van der Waals surface area contributed by atoms with Gasteiger partial charge in [-0.15, -0.1) is 0 Å². The fraction of sp³-hybridized carbons (Fsp3) is 0.0811. The summed E-state index contributed by atoms with van der Waals surface area (Å²) >= 11 is 0. The third kappa shape index (κ3) is 4.71. The van der Waals surface area contributed by atoms with E-state index in [1.54, 1.807) is 0 Å². The smallest absolute Gasteiger partial charge is 0.0541 e. The second kappa shape index (κ2) is 10.4. The molecule has 0 aliphatic rings. The molecule has 0 atom stereocenters. The van der Waals surface area contributed by atoms with Crippen LogP contribution in [0.4, 0.5) is 0 Å². The molecule has 0 aliphatic carbocycles. The zero-order valence-corrected chi connectivity index (χ0v) is 21.8. The van der Waals surface area contributed by atoms with Gasteiger partial charge in [0, 0.05) is 16.5 Å². The minimum Gasteiger partial charge on any atom is -0.309 e. The Morgan fingerprint density at radius 3 is 1.84 bits per heavy atom. The Bertz CT molecular complexity index is 1730. The van der Waals surface area contributed by atoms with Crippen molar-refractivity contribution < 1.29 is 0 Å². The number of hydrogen-bond acceptors (Lipinski definition) is 0. The second-order valence-corrected chi connectivity index (χ2v) is 9.95. The standard InChI is InChI=1S/C37H31N/c1-3-10-27(2)23-29-11-8-13-31(25-29)32-14-9-12-30(26-32)24-28-19-21-33(22-20-28)38-36-17-6-4-15-34(36)35-16-5-7-18-37(35)38/h3-22,25-26H,2,23-24H2,1H3/b10-3-. The summed E-state index contributed by atoms with van der Waals surface area (Å²) in [6.07, 6.45) is 5.90. The topological polar surface area (TPSA) is 4.93 Å². The van der Waals surface area contributed by atoms with Gasteiger partial charge in [-0.05, 0) is 71.8 Å². The Morgan fingerprint density at radius 2 is 1.21 bits per heavy atom. The van der Waals surface area contributed by atoms with Crippen LogP contribution in [0, 0.1) is 0 Å². The molecule has 6 aromatic rings. The quantitative estimate of drug-likeness (QED) is 0.197. The zero-order valence-electron chi connectivity index (χ0n) is 21.8. The van der Waals surface area contributed by atoms with E-state index in [-0.39, 0.29) is 0 Å². The monoisotopic (exact) mass is 489 g/mol. The highest BCUT2D eigenvalue weighted by atomic mass is 15.0. The van der Waals surface area contributed by atoms with Gasteiger partial charge in [-0.25, -0.2) is 0 Å². The lowest BCUT2D eigenvalue weighted by Crippen LogP contribution is -1.95. The lowest BCUT2D eigenvalue weighted by Gasteiger charge is -2.10. The van der Waals surface area contributed by atoms with E-state index in [4.69, 9.17) is 0 Å². The largest absolute Gasteiger partial charge is 0.309 e. The molecule has 1 heterocycles. The first kappa shape index (κ1) is 23.8. The van der Waals surface area contributed by atoms with Gasteiger partial charge in [-0.3, -0.25) is 0 Å². The Morgan fingerprint density at radius 1 is 0.632 bits per heavy atom. The van der Waals surface area contributed by atoms with Crippen molar-refractivity contribution in [2.75, 3.05) is 0 Å². The number of para-hydroxylation sites is 2. The summed E-state index contributed by atoms with van der Waals surface area (Å²) in [7, 11) is 0. The number of rotatable bonds is 7. The average Bonchev–Trinajstić information content (AvgIpc) is 3.28. The van der Waals surface area contributed by atoms with E-state index in [0.717, 1.165) is 18.4 Å². The number of fused-ring (bicyclic) bond motifs is 3. The lowest BCUT2D eigenvalue weighted by atomic mass is 9.96. The molecule has 1 aromatic heterocycles.